The van der Waals surface area contributed by atoms with E-state index < -0.39 is 24.3 Å². The first-order chi connectivity index (χ1) is 7.35. The maximum atomic E-state index is 12.6. The Kier molecular flexibility index (Phi) is 4.12. The van der Waals surface area contributed by atoms with Gasteiger partial charge in [-0.25, -0.2) is 8.78 Å². The lowest BCUT2D eigenvalue weighted by atomic mass is 10.1. The maximum Gasteiger partial charge on any atom is 0.383 e. The van der Waals surface area contributed by atoms with Crippen molar-refractivity contribution in [3.63, 3.8) is 0 Å². The normalized spacial score (nSPS) is 23.5. The van der Waals surface area contributed by atoms with Crippen LogP contribution in [-0.2, 0) is 9.53 Å². The predicted octanol–water partition coefficient (Wildman–Crippen LogP) is 1.57. The summed E-state index contributed by atoms with van der Waals surface area (Å²) < 4.78 is 54.0. The van der Waals surface area contributed by atoms with Gasteiger partial charge in [-0.2, -0.15) is 8.78 Å². The molecule has 1 rings (SSSR count). The second-order valence-corrected chi connectivity index (χ2v) is 3.74. The fourth-order valence-corrected chi connectivity index (χ4v) is 1.49. The molecule has 1 heterocycles. The zero-order chi connectivity index (χ0) is 12.3. The van der Waals surface area contributed by atoms with E-state index in [9.17, 15) is 22.4 Å². The highest BCUT2D eigenvalue weighted by atomic mass is 19.3. The van der Waals surface area contributed by atoms with Crippen molar-refractivity contribution in [1.29, 1.82) is 0 Å². The lowest BCUT2D eigenvalue weighted by Gasteiger charge is -2.22. The molecule has 2 atom stereocenters. The summed E-state index contributed by atoms with van der Waals surface area (Å²) in [7, 11) is 0. The van der Waals surface area contributed by atoms with Crippen LogP contribution in [0.3, 0.4) is 0 Å². The number of ether oxygens (including phenoxy) is 1. The molecule has 0 aromatic heterocycles. The minimum atomic E-state index is -4.65. The Bertz CT molecular complexity index is 254. The summed E-state index contributed by atoms with van der Waals surface area (Å²) >= 11 is 0. The molecule has 0 spiro atoms. The standard InChI is InChI=1S/C9H13F4NO2/c1-5(6-3-2-4-16-6)14-8(15)9(12,13)7(10)11/h5-7H,2-4H2,1H3,(H,14,15). The highest BCUT2D eigenvalue weighted by Crippen LogP contribution is 2.24. The zero-order valence-corrected chi connectivity index (χ0v) is 8.68. The quantitative estimate of drug-likeness (QED) is 0.761. The molecule has 94 valence electrons. The molecule has 0 saturated carbocycles. The maximum absolute atomic E-state index is 12.6. The highest BCUT2D eigenvalue weighted by molar-refractivity contribution is 5.84. The van der Waals surface area contributed by atoms with Gasteiger partial charge in [-0.3, -0.25) is 4.79 Å². The average molecular weight is 243 g/mol. The summed E-state index contributed by atoms with van der Waals surface area (Å²) in [4.78, 5) is 10.9. The minimum Gasteiger partial charge on any atom is -0.376 e. The first-order valence-electron chi connectivity index (χ1n) is 4.94. The lowest BCUT2D eigenvalue weighted by molar-refractivity contribution is -0.170. The number of carbonyl (C=O) groups is 1. The van der Waals surface area contributed by atoms with Crippen molar-refractivity contribution in [3.05, 3.63) is 0 Å². The lowest BCUT2D eigenvalue weighted by Crippen LogP contribution is -2.51. The molecule has 1 amide bonds. The highest BCUT2D eigenvalue weighted by Gasteiger charge is 2.49. The van der Waals surface area contributed by atoms with Crippen LogP contribution in [0.4, 0.5) is 17.6 Å². The van der Waals surface area contributed by atoms with Gasteiger partial charge in [0.15, 0.2) is 0 Å². The van der Waals surface area contributed by atoms with Crippen LogP contribution in [0.15, 0.2) is 0 Å². The van der Waals surface area contributed by atoms with Crippen LogP contribution in [0.25, 0.3) is 0 Å². The van der Waals surface area contributed by atoms with Crippen molar-refractivity contribution in [2.75, 3.05) is 6.61 Å². The molecule has 1 aliphatic heterocycles. The first-order valence-corrected chi connectivity index (χ1v) is 4.94. The molecule has 1 saturated heterocycles. The van der Waals surface area contributed by atoms with Gasteiger partial charge in [0.05, 0.1) is 12.1 Å². The number of carbonyl (C=O) groups excluding carboxylic acids is 1. The Balaban J connectivity index is 2.50. The van der Waals surface area contributed by atoms with Crippen molar-refractivity contribution < 1.29 is 27.1 Å². The van der Waals surface area contributed by atoms with Crippen LogP contribution < -0.4 is 5.32 Å². The smallest absolute Gasteiger partial charge is 0.376 e. The summed E-state index contributed by atoms with van der Waals surface area (Å²) in [6.45, 7) is 1.95. The van der Waals surface area contributed by atoms with E-state index in [1.54, 1.807) is 0 Å². The average Bonchev–Trinajstić information content (AvgIpc) is 2.69. The van der Waals surface area contributed by atoms with Crippen molar-refractivity contribution >= 4 is 5.91 Å². The van der Waals surface area contributed by atoms with Gasteiger partial charge in [-0.05, 0) is 19.8 Å². The summed E-state index contributed by atoms with van der Waals surface area (Å²) in [5.41, 5.74) is 0. The number of rotatable bonds is 4. The van der Waals surface area contributed by atoms with E-state index in [2.05, 4.69) is 0 Å². The predicted molar refractivity (Wildman–Crippen MR) is 47.5 cm³/mol. The Morgan fingerprint density at radius 2 is 2.12 bits per heavy atom. The van der Waals surface area contributed by atoms with E-state index in [1.165, 1.54) is 6.92 Å². The first kappa shape index (κ1) is 13.2. The summed E-state index contributed by atoms with van der Waals surface area (Å²) in [6, 6.07) is -0.695. The third kappa shape index (κ3) is 2.84. The number of amides is 1. The van der Waals surface area contributed by atoms with Crippen LogP contribution >= 0.6 is 0 Å². The molecule has 0 radical (unpaired) electrons. The topological polar surface area (TPSA) is 38.3 Å². The van der Waals surface area contributed by atoms with Gasteiger partial charge in [-0.1, -0.05) is 0 Å². The van der Waals surface area contributed by atoms with Crippen LogP contribution in [-0.4, -0.2) is 37.0 Å². The summed E-state index contributed by atoms with van der Waals surface area (Å²) in [5, 5.41) is 1.85. The molecular weight excluding hydrogens is 230 g/mol. The van der Waals surface area contributed by atoms with Crippen LogP contribution in [0.1, 0.15) is 19.8 Å². The largest absolute Gasteiger partial charge is 0.383 e. The Morgan fingerprint density at radius 1 is 1.50 bits per heavy atom. The van der Waals surface area contributed by atoms with Gasteiger partial charge in [0.1, 0.15) is 0 Å². The Hall–Kier alpha value is -0.850. The molecule has 7 heteroatoms. The molecule has 0 aromatic carbocycles. The van der Waals surface area contributed by atoms with Crippen molar-refractivity contribution in [1.82, 2.24) is 5.32 Å². The van der Waals surface area contributed by atoms with Crippen LogP contribution in [0.2, 0.25) is 0 Å². The van der Waals surface area contributed by atoms with E-state index in [0.29, 0.717) is 13.0 Å². The summed E-state index contributed by atoms with van der Waals surface area (Å²) in [5.74, 6) is -6.60. The zero-order valence-electron chi connectivity index (χ0n) is 8.68. The second-order valence-electron chi connectivity index (χ2n) is 3.74. The van der Waals surface area contributed by atoms with E-state index in [4.69, 9.17) is 4.74 Å². The number of alkyl halides is 4. The van der Waals surface area contributed by atoms with Gasteiger partial charge >= 0.3 is 12.3 Å². The van der Waals surface area contributed by atoms with Crippen molar-refractivity contribution in [2.24, 2.45) is 0 Å². The molecule has 1 aliphatic rings. The summed E-state index contributed by atoms with van der Waals surface area (Å²) in [6.07, 6.45) is -2.97. The molecule has 1 fully saturated rings. The van der Waals surface area contributed by atoms with Gasteiger partial charge in [0.25, 0.3) is 5.91 Å². The second kappa shape index (κ2) is 4.99. The SMILES string of the molecule is CC(NC(=O)C(F)(F)C(F)F)C1CCCO1. The van der Waals surface area contributed by atoms with E-state index in [0.717, 1.165) is 6.42 Å². The Morgan fingerprint density at radius 3 is 2.56 bits per heavy atom. The third-order valence-electron chi connectivity index (χ3n) is 2.46. The van der Waals surface area contributed by atoms with Gasteiger partial charge < -0.3 is 10.1 Å². The van der Waals surface area contributed by atoms with Crippen molar-refractivity contribution in [2.45, 2.75) is 44.3 Å². The molecular formula is C9H13F4NO2. The van der Waals surface area contributed by atoms with E-state index in [-0.39, 0.29) is 6.10 Å². The van der Waals surface area contributed by atoms with E-state index >= 15 is 0 Å². The third-order valence-corrected chi connectivity index (χ3v) is 2.46. The fraction of sp³-hybridized carbons (Fsp3) is 0.889. The van der Waals surface area contributed by atoms with Gasteiger partial charge in [0, 0.05) is 6.61 Å². The molecule has 1 N–H and O–H groups in total. The number of halogens is 4. The number of hydrogen-bond donors (Lipinski definition) is 1. The van der Waals surface area contributed by atoms with E-state index in [1.807, 2.05) is 5.32 Å². The minimum absolute atomic E-state index is 0.377. The van der Waals surface area contributed by atoms with Crippen LogP contribution in [0.5, 0.6) is 0 Å². The Labute approximate surface area is 90.1 Å². The molecule has 0 aliphatic carbocycles. The number of hydrogen-bond acceptors (Lipinski definition) is 2. The molecule has 0 aromatic rings. The fourth-order valence-electron chi connectivity index (χ4n) is 1.49. The van der Waals surface area contributed by atoms with Gasteiger partial charge in [-0.15, -0.1) is 0 Å². The molecule has 2 unspecified atom stereocenters. The van der Waals surface area contributed by atoms with Gasteiger partial charge in [0.2, 0.25) is 0 Å². The molecule has 3 nitrogen and oxygen atoms in total. The van der Waals surface area contributed by atoms with Crippen LogP contribution in [0, 0.1) is 0 Å². The monoisotopic (exact) mass is 243 g/mol. The molecule has 0 bridgehead atoms. The van der Waals surface area contributed by atoms with Crippen molar-refractivity contribution in [3.8, 4) is 0 Å². The number of nitrogens with one attached hydrogen (secondary N) is 1. The molecule has 16 heavy (non-hydrogen) atoms.